The first kappa shape index (κ1) is 13.5. The van der Waals surface area contributed by atoms with Gasteiger partial charge in [0, 0.05) is 23.8 Å². The number of fused-ring (bicyclic) bond motifs is 1. The highest BCUT2D eigenvalue weighted by molar-refractivity contribution is 5.80. The molecular weight excluding hydrogens is 275 g/mol. The third-order valence-electron chi connectivity index (χ3n) is 4.56. The molecule has 1 aliphatic rings. The lowest BCUT2D eigenvalue weighted by Crippen LogP contribution is -2.23. The van der Waals surface area contributed by atoms with Crippen LogP contribution < -0.4 is 0 Å². The second kappa shape index (κ2) is 5.58. The Morgan fingerprint density at radius 3 is 2.86 bits per heavy atom. The molecule has 0 bridgehead atoms. The largest absolute Gasteiger partial charge is 0.357 e. The summed E-state index contributed by atoms with van der Waals surface area (Å²) in [5.74, 6) is -0.144. The van der Waals surface area contributed by atoms with E-state index in [-0.39, 0.29) is 5.82 Å². The van der Waals surface area contributed by atoms with E-state index in [1.807, 2.05) is 18.2 Å². The molecular formula is C19H19FN2. The number of rotatable bonds is 3. The summed E-state index contributed by atoms with van der Waals surface area (Å²) in [5, 5.41) is 1.25. The first-order chi connectivity index (χ1) is 10.8. The molecule has 2 aromatic carbocycles. The van der Waals surface area contributed by atoms with Crippen LogP contribution in [0.15, 0.2) is 54.6 Å². The van der Waals surface area contributed by atoms with Crippen LogP contribution in [0.5, 0.6) is 0 Å². The lowest BCUT2D eigenvalue weighted by Gasteiger charge is -2.24. The highest BCUT2D eigenvalue weighted by Crippen LogP contribution is 2.33. The maximum Gasteiger partial charge on any atom is 0.123 e. The van der Waals surface area contributed by atoms with Gasteiger partial charge < -0.3 is 4.98 Å². The molecule has 1 aromatic heterocycles. The van der Waals surface area contributed by atoms with Crippen molar-refractivity contribution in [1.29, 1.82) is 0 Å². The molecule has 0 aliphatic carbocycles. The number of nitrogens with one attached hydrogen (secondary N) is 1. The number of benzene rings is 2. The molecule has 4 rings (SSSR count). The van der Waals surface area contributed by atoms with Crippen LogP contribution in [0, 0.1) is 5.82 Å². The molecule has 0 spiro atoms. The Labute approximate surface area is 129 Å². The summed E-state index contributed by atoms with van der Waals surface area (Å²) in [6, 6.07) is 17.9. The van der Waals surface area contributed by atoms with Gasteiger partial charge in [-0.2, -0.15) is 0 Å². The quantitative estimate of drug-likeness (QED) is 0.745. The van der Waals surface area contributed by atoms with Crippen LogP contribution in [0.2, 0.25) is 0 Å². The maximum atomic E-state index is 13.5. The molecule has 0 saturated carbocycles. The number of hydrogen-bond acceptors (Lipinski definition) is 1. The number of aromatic amines is 1. The predicted molar refractivity (Wildman–Crippen MR) is 87.1 cm³/mol. The lowest BCUT2D eigenvalue weighted by atomic mass is 10.0. The highest BCUT2D eigenvalue weighted by Gasteiger charge is 2.26. The third-order valence-corrected chi connectivity index (χ3v) is 4.56. The molecule has 3 aromatic rings. The maximum absolute atomic E-state index is 13.5. The van der Waals surface area contributed by atoms with E-state index >= 15 is 0 Å². The van der Waals surface area contributed by atoms with E-state index in [4.69, 9.17) is 0 Å². The molecule has 2 nitrogen and oxygen atoms in total. The Morgan fingerprint density at radius 2 is 2.00 bits per heavy atom. The topological polar surface area (TPSA) is 19.0 Å². The van der Waals surface area contributed by atoms with Gasteiger partial charge in [-0.05, 0) is 54.6 Å². The Kier molecular flexibility index (Phi) is 3.43. The second-order valence-corrected chi connectivity index (χ2v) is 6.07. The molecule has 3 heteroatoms. The summed E-state index contributed by atoms with van der Waals surface area (Å²) in [4.78, 5) is 5.93. The average Bonchev–Trinajstić information content (AvgIpc) is 3.13. The molecule has 1 aliphatic heterocycles. The van der Waals surface area contributed by atoms with Crippen LogP contribution in [-0.4, -0.2) is 16.4 Å². The molecule has 2 heterocycles. The van der Waals surface area contributed by atoms with Gasteiger partial charge in [-0.15, -0.1) is 0 Å². The van der Waals surface area contributed by atoms with Crippen molar-refractivity contribution in [3.63, 3.8) is 0 Å². The average molecular weight is 294 g/mol. The normalized spacial score (nSPS) is 19.0. The SMILES string of the molecule is Fc1cccc(C2CCCN2Cc2cc3ccccc3[nH]2)c1. The van der Waals surface area contributed by atoms with E-state index in [1.54, 1.807) is 6.07 Å². The van der Waals surface area contributed by atoms with Gasteiger partial charge in [-0.25, -0.2) is 4.39 Å². The van der Waals surface area contributed by atoms with Crippen molar-refractivity contribution in [3.05, 3.63) is 71.7 Å². The van der Waals surface area contributed by atoms with E-state index in [2.05, 4.69) is 34.1 Å². The molecule has 0 radical (unpaired) electrons. The number of hydrogen-bond donors (Lipinski definition) is 1. The highest BCUT2D eigenvalue weighted by atomic mass is 19.1. The Morgan fingerprint density at radius 1 is 1.09 bits per heavy atom. The molecule has 1 atom stereocenters. The van der Waals surface area contributed by atoms with Crippen molar-refractivity contribution < 1.29 is 4.39 Å². The van der Waals surface area contributed by atoms with E-state index < -0.39 is 0 Å². The second-order valence-electron chi connectivity index (χ2n) is 6.07. The van der Waals surface area contributed by atoms with Crippen molar-refractivity contribution in [1.82, 2.24) is 9.88 Å². The first-order valence-corrected chi connectivity index (χ1v) is 7.86. The fourth-order valence-corrected chi connectivity index (χ4v) is 3.54. The van der Waals surface area contributed by atoms with Gasteiger partial charge in [0.05, 0.1) is 0 Å². The fraction of sp³-hybridized carbons (Fsp3) is 0.263. The molecule has 22 heavy (non-hydrogen) atoms. The summed E-state index contributed by atoms with van der Waals surface area (Å²) >= 11 is 0. The van der Waals surface area contributed by atoms with Crippen molar-refractivity contribution in [2.75, 3.05) is 6.54 Å². The summed E-state index contributed by atoms with van der Waals surface area (Å²) in [5.41, 5.74) is 3.50. The number of halogens is 1. The summed E-state index contributed by atoms with van der Waals surface area (Å²) in [7, 11) is 0. The van der Waals surface area contributed by atoms with Crippen molar-refractivity contribution in [3.8, 4) is 0 Å². The van der Waals surface area contributed by atoms with E-state index in [0.29, 0.717) is 6.04 Å². The Bertz CT molecular complexity index is 760. The smallest absolute Gasteiger partial charge is 0.123 e. The molecule has 1 N–H and O–H groups in total. The van der Waals surface area contributed by atoms with E-state index in [9.17, 15) is 4.39 Å². The minimum atomic E-state index is -0.144. The molecule has 1 saturated heterocycles. The Hall–Kier alpha value is -2.13. The number of aromatic nitrogens is 1. The van der Waals surface area contributed by atoms with Gasteiger partial charge in [-0.1, -0.05) is 30.3 Å². The fourth-order valence-electron chi connectivity index (χ4n) is 3.54. The van der Waals surface area contributed by atoms with Gasteiger partial charge in [-0.3, -0.25) is 4.90 Å². The standard InChI is InChI=1S/C19H19FN2/c20-16-7-3-6-15(11-16)19-9-4-10-22(19)13-17-12-14-5-1-2-8-18(14)21-17/h1-3,5-8,11-12,19,21H,4,9-10,13H2. The van der Waals surface area contributed by atoms with Crippen molar-refractivity contribution in [2.45, 2.75) is 25.4 Å². The number of nitrogens with zero attached hydrogens (tertiary/aromatic N) is 1. The molecule has 112 valence electrons. The lowest BCUT2D eigenvalue weighted by molar-refractivity contribution is 0.246. The number of para-hydroxylation sites is 1. The van der Waals surface area contributed by atoms with Gasteiger partial charge in [0.1, 0.15) is 5.82 Å². The van der Waals surface area contributed by atoms with Crippen molar-refractivity contribution >= 4 is 10.9 Å². The van der Waals surface area contributed by atoms with Crippen LogP contribution in [0.3, 0.4) is 0 Å². The van der Waals surface area contributed by atoms with Crippen LogP contribution >= 0.6 is 0 Å². The minimum absolute atomic E-state index is 0.144. The van der Waals surface area contributed by atoms with Gasteiger partial charge in [0.25, 0.3) is 0 Å². The summed E-state index contributed by atoms with van der Waals surface area (Å²) < 4.78 is 13.5. The minimum Gasteiger partial charge on any atom is -0.357 e. The number of likely N-dealkylation sites (tertiary alicyclic amines) is 1. The zero-order valence-electron chi connectivity index (χ0n) is 12.4. The van der Waals surface area contributed by atoms with Crippen LogP contribution in [0.25, 0.3) is 10.9 Å². The van der Waals surface area contributed by atoms with Crippen LogP contribution in [-0.2, 0) is 6.54 Å². The zero-order valence-corrected chi connectivity index (χ0v) is 12.4. The van der Waals surface area contributed by atoms with Gasteiger partial charge in [0.15, 0.2) is 0 Å². The summed E-state index contributed by atoms with van der Waals surface area (Å²) in [6.45, 7) is 1.95. The molecule has 1 fully saturated rings. The van der Waals surface area contributed by atoms with Crippen molar-refractivity contribution in [2.24, 2.45) is 0 Å². The van der Waals surface area contributed by atoms with Gasteiger partial charge in [0.2, 0.25) is 0 Å². The van der Waals surface area contributed by atoms with Crippen LogP contribution in [0.4, 0.5) is 4.39 Å². The Balaban J connectivity index is 1.58. The summed E-state index contributed by atoms with van der Waals surface area (Å²) in [6.07, 6.45) is 2.27. The van der Waals surface area contributed by atoms with Crippen LogP contribution in [0.1, 0.15) is 30.1 Å². The number of H-pyrrole nitrogens is 1. The first-order valence-electron chi connectivity index (χ1n) is 7.86. The predicted octanol–water partition coefficient (Wildman–Crippen LogP) is 4.64. The molecule has 1 unspecified atom stereocenters. The van der Waals surface area contributed by atoms with E-state index in [1.165, 1.54) is 29.1 Å². The molecule has 0 amide bonds. The van der Waals surface area contributed by atoms with Gasteiger partial charge >= 0.3 is 0 Å². The van der Waals surface area contributed by atoms with E-state index in [0.717, 1.165) is 25.1 Å². The third kappa shape index (κ3) is 2.53. The monoisotopic (exact) mass is 294 g/mol. The zero-order chi connectivity index (χ0) is 14.9.